The van der Waals surface area contributed by atoms with Crippen molar-refractivity contribution in [3.05, 3.63) is 42.5 Å². The summed E-state index contributed by atoms with van der Waals surface area (Å²) in [7, 11) is 0. The second-order valence-corrected chi connectivity index (χ2v) is 7.00. The second-order valence-electron chi connectivity index (χ2n) is 7.00. The molecule has 1 fully saturated rings. The molecule has 0 bridgehead atoms. The predicted octanol–water partition coefficient (Wildman–Crippen LogP) is 2.00. The molecule has 0 radical (unpaired) electrons. The molecule has 1 saturated heterocycles. The Hall–Kier alpha value is -2.50. The van der Waals surface area contributed by atoms with E-state index < -0.39 is 0 Å². The van der Waals surface area contributed by atoms with Crippen LogP contribution in [0.5, 0.6) is 0 Å². The smallest absolute Gasteiger partial charge is 0.224 e. The van der Waals surface area contributed by atoms with E-state index in [1.54, 1.807) is 0 Å². The number of guanidine groups is 1. The number of nitrogens with zero attached hydrogens (tertiary/aromatic N) is 3. The summed E-state index contributed by atoms with van der Waals surface area (Å²) < 4.78 is 0. The standard InChI is InChI=1S/C21H31N5O/c1-2-22-21(24-18-8-6-7-9-18)23-13-12-20(27)26-16-14-25(15-17-26)19-10-4-3-5-11-19/h3-7,10-11,18H,2,8-9,12-17H2,1H3,(H2,22,23,24). The van der Waals surface area contributed by atoms with Crippen LogP contribution in [0, 0.1) is 0 Å². The molecule has 146 valence electrons. The van der Waals surface area contributed by atoms with Gasteiger partial charge in [0.25, 0.3) is 0 Å². The molecule has 1 amide bonds. The van der Waals surface area contributed by atoms with Gasteiger partial charge in [0, 0.05) is 50.9 Å². The lowest BCUT2D eigenvalue weighted by molar-refractivity contribution is -0.131. The van der Waals surface area contributed by atoms with Gasteiger partial charge >= 0.3 is 0 Å². The van der Waals surface area contributed by atoms with E-state index in [1.165, 1.54) is 5.69 Å². The molecule has 1 aromatic rings. The van der Waals surface area contributed by atoms with E-state index in [9.17, 15) is 4.79 Å². The van der Waals surface area contributed by atoms with Crippen LogP contribution in [-0.2, 0) is 4.79 Å². The molecular formula is C21H31N5O. The Morgan fingerprint density at radius 3 is 2.48 bits per heavy atom. The maximum Gasteiger partial charge on any atom is 0.224 e. The normalized spacial score (nSPS) is 18.0. The third-order valence-corrected chi connectivity index (χ3v) is 5.04. The summed E-state index contributed by atoms with van der Waals surface area (Å²) >= 11 is 0. The summed E-state index contributed by atoms with van der Waals surface area (Å²) in [5.41, 5.74) is 1.23. The maximum atomic E-state index is 12.5. The lowest BCUT2D eigenvalue weighted by atomic mass is 10.2. The number of hydrogen-bond acceptors (Lipinski definition) is 3. The highest BCUT2D eigenvalue weighted by Crippen LogP contribution is 2.15. The van der Waals surface area contributed by atoms with Gasteiger partial charge in [0.05, 0.1) is 6.54 Å². The van der Waals surface area contributed by atoms with E-state index in [0.29, 0.717) is 19.0 Å². The lowest BCUT2D eigenvalue weighted by Crippen LogP contribution is -2.49. The highest BCUT2D eigenvalue weighted by atomic mass is 16.2. The first-order valence-electron chi connectivity index (χ1n) is 10.0. The molecule has 2 N–H and O–H groups in total. The van der Waals surface area contributed by atoms with Gasteiger partial charge in [0.2, 0.25) is 5.91 Å². The summed E-state index contributed by atoms with van der Waals surface area (Å²) in [6.45, 7) is 6.73. The van der Waals surface area contributed by atoms with Gasteiger partial charge in [-0.3, -0.25) is 9.79 Å². The third-order valence-electron chi connectivity index (χ3n) is 5.04. The minimum Gasteiger partial charge on any atom is -0.368 e. The van der Waals surface area contributed by atoms with Crippen molar-refractivity contribution in [1.82, 2.24) is 15.5 Å². The van der Waals surface area contributed by atoms with E-state index in [-0.39, 0.29) is 5.91 Å². The summed E-state index contributed by atoms with van der Waals surface area (Å²) in [5, 5.41) is 6.71. The number of anilines is 1. The van der Waals surface area contributed by atoms with Crippen LogP contribution in [0.15, 0.2) is 47.5 Å². The van der Waals surface area contributed by atoms with Crippen LogP contribution in [0.2, 0.25) is 0 Å². The van der Waals surface area contributed by atoms with Crippen molar-refractivity contribution in [1.29, 1.82) is 0 Å². The number of nitrogens with one attached hydrogen (secondary N) is 2. The molecule has 2 aliphatic rings. The van der Waals surface area contributed by atoms with Crippen LogP contribution >= 0.6 is 0 Å². The molecule has 3 rings (SSSR count). The molecule has 0 aromatic heterocycles. The second kappa shape index (κ2) is 10.00. The van der Waals surface area contributed by atoms with Gasteiger partial charge in [0.1, 0.15) is 0 Å². The largest absolute Gasteiger partial charge is 0.368 e. The molecule has 6 nitrogen and oxygen atoms in total. The van der Waals surface area contributed by atoms with Crippen LogP contribution in [0.4, 0.5) is 5.69 Å². The van der Waals surface area contributed by atoms with Crippen molar-refractivity contribution in [2.24, 2.45) is 4.99 Å². The van der Waals surface area contributed by atoms with Crippen LogP contribution in [0.3, 0.4) is 0 Å². The first kappa shape index (κ1) is 19.3. The number of piperazine rings is 1. The Kier molecular flexibility index (Phi) is 7.13. The molecular weight excluding hydrogens is 338 g/mol. The van der Waals surface area contributed by atoms with Crippen molar-refractivity contribution in [3.8, 4) is 0 Å². The zero-order valence-electron chi connectivity index (χ0n) is 16.2. The van der Waals surface area contributed by atoms with Crippen molar-refractivity contribution in [3.63, 3.8) is 0 Å². The highest BCUT2D eigenvalue weighted by Gasteiger charge is 2.21. The zero-order valence-corrected chi connectivity index (χ0v) is 16.2. The number of amides is 1. The van der Waals surface area contributed by atoms with Gasteiger partial charge in [-0.25, -0.2) is 0 Å². The lowest BCUT2D eigenvalue weighted by Gasteiger charge is -2.36. The Bertz CT molecular complexity index is 642. The fourth-order valence-electron chi connectivity index (χ4n) is 3.52. The van der Waals surface area contributed by atoms with Crippen molar-refractivity contribution in [2.45, 2.75) is 32.2 Å². The molecule has 0 spiro atoms. The van der Waals surface area contributed by atoms with Crippen molar-refractivity contribution in [2.75, 3.05) is 44.2 Å². The monoisotopic (exact) mass is 369 g/mol. The summed E-state index contributed by atoms with van der Waals surface area (Å²) in [6, 6.07) is 10.8. The average molecular weight is 370 g/mol. The van der Waals surface area contributed by atoms with E-state index in [0.717, 1.165) is 51.5 Å². The number of benzene rings is 1. The van der Waals surface area contributed by atoms with Gasteiger partial charge in [-0.15, -0.1) is 0 Å². The maximum absolute atomic E-state index is 12.5. The summed E-state index contributed by atoms with van der Waals surface area (Å²) in [4.78, 5) is 21.4. The molecule has 0 saturated carbocycles. The SMILES string of the molecule is CCNC(=NCCC(=O)N1CCN(c2ccccc2)CC1)NC1CC=CC1. The first-order chi connectivity index (χ1) is 13.3. The average Bonchev–Trinajstić information content (AvgIpc) is 3.22. The minimum absolute atomic E-state index is 0.199. The van der Waals surface area contributed by atoms with Crippen molar-refractivity contribution < 1.29 is 4.79 Å². The first-order valence-corrected chi connectivity index (χ1v) is 10.0. The molecule has 1 heterocycles. The number of carbonyl (C=O) groups is 1. The summed E-state index contributed by atoms with van der Waals surface area (Å²) in [6.07, 6.45) is 6.93. The van der Waals surface area contributed by atoms with Gasteiger partial charge in [-0.05, 0) is 31.9 Å². The molecule has 1 aliphatic carbocycles. The molecule has 1 aliphatic heterocycles. The van der Waals surface area contributed by atoms with Gasteiger partial charge in [-0.2, -0.15) is 0 Å². The fraction of sp³-hybridized carbons (Fsp3) is 0.524. The fourth-order valence-corrected chi connectivity index (χ4v) is 3.52. The van der Waals surface area contributed by atoms with Crippen LogP contribution in [0.1, 0.15) is 26.2 Å². The number of carbonyl (C=O) groups excluding carboxylic acids is 1. The van der Waals surface area contributed by atoms with E-state index in [2.05, 4.69) is 63.9 Å². The molecule has 6 heteroatoms. The predicted molar refractivity (Wildman–Crippen MR) is 111 cm³/mol. The Labute approximate surface area is 162 Å². The number of rotatable bonds is 6. The van der Waals surface area contributed by atoms with Crippen LogP contribution in [-0.4, -0.2) is 62.1 Å². The van der Waals surface area contributed by atoms with Crippen molar-refractivity contribution >= 4 is 17.6 Å². The molecule has 1 aromatic carbocycles. The van der Waals surface area contributed by atoms with E-state index >= 15 is 0 Å². The van der Waals surface area contributed by atoms with E-state index in [4.69, 9.17) is 0 Å². The minimum atomic E-state index is 0.199. The Balaban J connectivity index is 1.42. The molecule has 0 atom stereocenters. The molecule has 0 unspecified atom stereocenters. The van der Waals surface area contributed by atoms with Gasteiger partial charge in [-0.1, -0.05) is 30.4 Å². The number of hydrogen-bond donors (Lipinski definition) is 2. The van der Waals surface area contributed by atoms with Crippen LogP contribution in [0.25, 0.3) is 0 Å². The number of para-hydroxylation sites is 1. The quantitative estimate of drug-likeness (QED) is 0.457. The third kappa shape index (κ3) is 5.74. The Morgan fingerprint density at radius 1 is 1.11 bits per heavy atom. The van der Waals surface area contributed by atoms with Crippen LogP contribution < -0.4 is 15.5 Å². The molecule has 27 heavy (non-hydrogen) atoms. The number of aliphatic imine (C=N–C) groups is 1. The summed E-state index contributed by atoms with van der Waals surface area (Å²) in [5.74, 6) is 1.01. The Morgan fingerprint density at radius 2 is 1.81 bits per heavy atom. The zero-order chi connectivity index (χ0) is 18.9. The highest BCUT2D eigenvalue weighted by molar-refractivity contribution is 5.81. The van der Waals surface area contributed by atoms with Gasteiger partial charge in [0.15, 0.2) is 5.96 Å². The topological polar surface area (TPSA) is 60.0 Å². The van der Waals surface area contributed by atoms with Gasteiger partial charge < -0.3 is 20.4 Å². The van der Waals surface area contributed by atoms with E-state index in [1.807, 2.05) is 11.0 Å².